The highest BCUT2D eigenvalue weighted by molar-refractivity contribution is 6.30. The van der Waals surface area contributed by atoms with E-state index in [1.807, 2.05) is 24.3 Å². The Morgan fingerprint density at radius 1 is 1.44 bits per heavy atom. The molecule has 1 aromatic carbocycles. The number of nitrogens with zero attached hydrogens (tertiary/aromatic N) is 2. The zero-order chi connectivity index (χ0) is 11.5. The molecule has 0 fully saturated rings. The van der Waals surface area contributed by atoms with Crippen molar-refractivity contribution in [2.45, 2.75) is 13.2 Å². The Balaban J connectivity index is 2.24. The third kappa shape index (κ3) is 2.53. The monoisotopic (exact) mass is 237 g/mol. The van der Waals surface area contributed by atoms with Gasteiger partial charge in [0.05, 0.1) is 5.69 Å². The summed E-state index contributed by atoms with van der Waals surface area (Å²) in [5, 5.41) is 4.89. The van der Waals surface area contributed by atoms with E-state index in [4.69, 9.17) is 22.1 Å². The molecule has 16 heavy (non-hydrogen) atoms. The van der Waals surface area contributed by atoms with Crippen molar-refractivity contribution in [2.24, 2.45) is 5.73 Å². The molecule has 0 bridgehead atoms. The van der Waals surface area contributed by atoms with Crippen molar-refractivity contribution in [3.63, 3.8) is 0 Å². The van der Waals surface area contributed by atoms with Crippen molar-refractivity contribution in [3.05, 3.63) is 41.6 Å². The smallest absolute Gasteiger partial charge is 0.234 e. The molecule has 0 saturated carbocycles. The van der Waals surface area contributed by atoms with Gasteiger partial charge < -0.3 is 4.74 Å². The number of halogens is 1. The van der Waals surface area contributed by atoms with E-state index in [-0.39, 0.29) is 6.23 Å². The van der Waals surface area contributed by atoms with Crippen LogP contribution in [-0.2, 0) is 0 Å². The maximum absolute atomic E-state index is 5.89. The SMILES string of the molecule is CC(N)Oc1ccn(-c2cccc(Cl)c2)n1. The molecule has 5 heteroatoms. The van der Waals surface area contributed by atoms with Crippen molar-refractivity contribution in [3.8, 4) is 11.6 Å². The zero-order valence-corrected chi connectivity index (χ0v) is 9.56. The Hall–Kier alpha value is -1.52. The van der Waals surface area contributed by atoms with Crippen molar-refractivity contribution in [1.82, 2.24) is 9.78 Å². The van der Waals surface area contributed by atoms with Gasteiger partial charge in [0, 0.05) is 17.3 Å². The molecule has 1 heterocycles. The highest BCUT2D eigenvalue weighted by Gasteiger charge is 2.03. The summed E-state index contributed by atoms with van der Waals surface area (Å²) in [7, 11) is 0. The summed E-state index contributed by atoms with van der Waals surface area (Å²) in [6.45, 7) is 1.75. The maximum atomic E-state index is 5.89. The summed E-state index contributed by atoms with van der Waals surface area (Å²) < 4.78 is 6.94. The number of hydrogen-bond donors (Lipinski definition) is 1. The average molecular weight is 238 g/mol. The highest BCUT2D eigenvalue weighted by Crippen LogP contribution is 2.16. The first-order chi connectivity index (χ1) is 7.65. The van der Waals surface area contributed by atoms with E-state index < -0.39 is 0 Å². The highest BCUT2D eigenvalue weighted by atomic mass is 35.5. The van der Waals surface area contributed by atoms with Gasteiger partial charge in [-0.2, -0.15) is 0 Å². The summed E-state index contributed by atoms with van der Waals surface area (Å²) in [5.74, 6) is 0.495. The largest absolute Gasteiger partial charge is 0.458 e. The maximum Gasteiger partial charge on any atom is 0.234 e. The quantitative estimate of drug-likeness (QED) is 0.833. The molecular formula is C11H12ClN3O. The minimum Gasteiger partial charge on any atom is -0.458 e. The molecule has 2 aromatic rings. The van der Waals surface area contributed by atoms with Gasteiger partial charge in [-0.25, -0.2) is 4.68 Å². The standard InChI is InChI=1S/C11H12ClN3O/c1-8(13)16-11-5-6-15(14-11)10-4-2-3-9(12)7-10/h2-8H,13H2,1H3. The molecule has 2 rings (SSSR count). The lowest BCUT2D eigenvalue weighted by Gasteiger charge is -2.05. The van der Waals surface area contributed by atoms with E-state index in [9.17, 15) is 0 Å². The Bertz CT molecular complexity index is 482. The topological polar surface area (TPSA) is 53.1 Å². The number of aromatic nitrogens is 2. The summed E-state index contributed by atoms with van der Waals surface area (Å²) in [6, 6.07) is 9.17. The molecule has 0 radical (unpaired) electrons. The van der Waals surface area contributed by atoms with Crippen molar-refractivity contribution in [2.75, 3.05) is 0 Å². The summed E-state index contributed by atoms with van der Waals surface area (Å²) in [4.78, 5) is 0. The zero-order valence-electron chi connectivity index (χ0n) is 8.80. The molecule has 0 amide bonds. The molecule has 0 aliphatic carbocycles. The van der Waals surface area contributed by atoms with Crippen LogP contribution >= 0.6 is 11.6 Å². The van der Waals surface area contributed by atoms with Crippen LogP contribution in [0.1, 0.15) is 6.92 Å². The second-order valence-corrected chi connectivity index (χ2v) is 3.84. The number of ether oxygens (including phenoxy) is 1. The molecule has 84 valence electrons. The lowest BCUT2D eigenvalue weighted by Crippen LogP contribution is -2.22. The van der Waals surface area contributed by atoms with Gasteiger partial charge in [-0.3, -0.25) is 5.73 Å². The van der Waals surface area contributed by atoms with Gasteiger partial charge in [0.25, 0.3) is 0 Å². The van der Waals surface area contributed by atoms with Gasteiger partial charge in [-0.15, -0.1) is 5.10 Å². The van der Waals surface area contributed by atoms with E-state index in [0.717, 1.165) is 5.69 Å². The third-order valence-corrected chi connectivity index (χ3v) is 2.18. The van der Waals surface area contributed by atoms with Crippen LogP contribution in [-0.4, -0.2) is 16.0 Å². The van der Waals surface area contributed by atoms with E-state index in [2.05, 4.69) is 5.10 Å². The van der Waals surface area contributed by atoms with Gasteiger partial charge in [0.2, 0.25) is 5.88 Å². The summed E-state index contributed by atoms with van der Waals surface area (Å²) >= 11 is 5.89. The van der Waals surface area contributed by atoms with Crippen LogP contribution in [0.25, 0.3) is 5.69 Å². The molecule has 1 atom stereocenters. The molecule has 0 aliphatic rings. The molecule has 0 aliphatic heterocycles. The summed E-state index contributed by atoms with van der Waals surface area (Å²) in [6.07, 6.45) is 1.42. The average Bonchev–Trinajstić information content (AvgIpc) is 2.65. The van der Waals surface area contributed by atoms with Crippen LogP contribution in [0.3, 0.4) is 0 Å². The predicted molar refractivity (Wildman–Crippen MR) is 62.9 cm³/mol. The van der Waals surface area contributed by atoms with Crippen LogP contribution in [0, 0.1) is 0 Å². The van der Waals surface area contributed by atoms with Crippen LogP contribution in [0.4, 0.5) is 0 Å². The van der Waals surface area contributed by atoms with E-state index in [0.29, 0.717) is 10.9 Å². The second-order valence-electron chi connectivity index (χ2n) is 3.40. The van der Waals surface area contributed by atoms with E-state index >= 15 is 0 Å². The van der Waals surface area contributed by atoms with Crippen molar-refractivity contribution < 1.29 is 4.74 Å². The van der Waals surface area contributed by atoms with Gasteiger partial charge in [0.1, 0.15) is 6.23 Å². The Morgan fingerprint density at radius 3 is 2.94 bits per heavy atom. The van der Waals surface area contributed by atoms with Crippen LogP contribution in [0.2, 0.25) is 5.02 Å². The van der Waals surface area contributed by atoms with E-state index in [1.54, 1.807) is 23.9 Å². The summed E-state index contributed by atoms with van der Waals surface area (Å²) in [5.41, 5.74) is 6.39. The number of rotatable bonds is 3. The van der Waals surface area contributed by atoms with Gasteiger partial charge in [-0.1, -0.05) is 17.7 Å². The fraction of sp³-hybridized carbons (Fsp3) is 0.182. The van der Waals surface area contributed by atoms with E-state index in [1.165, 1.54) is 0 Å². The minimum atomic E-state index is -0.372. The molecular weight excluding hydrogens is 226 g/mol. The first-order valence-electron chi connectivity index (χ1n) is 4.89. The fourth-order valence-electron chi connectivity index (χ4n) is 1.32. The fourth-order valence-corrected chi connectivity index (χ4v) is 1.51. The van der Waals surface area contributed by atoms with Gasteiger partial charge in [0.15, 0.2) is 0 Å². The number of nitrogens with two attached hydrogens (primary N) is 1. The Morgan fingerprint density at radius 2 is 2.25 bits per heavy atom. The third-order valence-electron chi connectivity index (χ3n) is 1.94. The molecule has 0 saturated heterocycles. The Kier molecular flexibility index (Phi) is 3.12. The number of benzene rings is 1. The first kappa shape index (κ1) is 11.0. The molecule has 2 N–H and O–H groups in total. The molecule has 0 spiro atoms. The van der Waals surface area contributed by atoms with Crippen LogP contribution < -0.4 is 10.5 Å². The first-order valence-corrected chi connectivity index (χ1v) is 5.27. The second kappa shape index (κ2) is 4.55. The molecule has 1 unspecified atom stereocenters. The van der Waals surface area contributed by atoms with Crippen molar-refractivity contribution >= 4 is 11.6 Å². The number of hydrogen-bond acceptors (Lipinski definition) is 3. The Labute approximate surface area is 98.6 Å². The van der Waals surface area contributed by atoms with Gasteiger partial charge >= 0.3 is 0 Å². The predicted octanol–water partition coefficient (Wildman–Crippen LogP) is 2.21. The van der Waals surface area contributed by atoms with Crippen molar-refractivity contribution in [1.29, 1.82) is 0 Å². The lowest BCUT2D eigenvalue weighted by molar-refractivity contribution is 0.219. The molecule has 4 nitrogen and oxygen atoms in total. The lowest BCUT2D eigenvalue weighted by atomic mass is 10.3. The van der Waals surface area contributed by atoms with Crippen LogP contribution in [0.5, 0.6) is 5.88 Å². The minimum absolute atomic E-state index is 0.372. The van der Waals surface area contributed by atoms with Crippen LogP contribution in [0.15, 0.2) is 36.5 Å². The normalized spacial score (nSPS) is 12.4. The van der Waals surface area contributed by atoms with Gasteiger partial charge in [-0.05, 0) is 25.1 Å². The molecule has 1 aromatic heterocycles.